The van der Waals surface area contributed by atoms with Crippen LogP contribution >= 0.6 is 0 Å². The van der Waals surface area contributed by atoms with Crippen molar-refractivity contribution in [2.75, 3.05) is 6.54 Å². The molecule has 1 saturated heterocycles. The molecule has 16 heavy (non-hydrogen) atoms. The highest BCUT2D eigenvalue weighted by Gasteiger charge is 2.38. The van der Waals surface area contributed by atoms with E-state index in [1.54, 1.807) is 0 Å². The first-order valence-corrected chi connectivity index (χ1v) is 5.11. The Balaban J connectivity index is 2.12. The lowest BCUT2D eigenvalue weighted by Crippen LogP contribution is -2.31. The van der Waals surface area contributed by atoms with Gasteiger partial charge < -0.3 is 9.84 Å². The third-order valence-corrected chi connectivity index (χ3v) is 2.66. The lowest BCUT2D eigenvalue weighted by molar-refractivity contribution is -0.146. The molecule has 1 aliphatic heterocycles. The molecular weight excluding hydrogens is 223 g/mol. The van der Waals surface area contributed by atoms with Crippen molar-refractivity contribution in [2.45, 2.75) is 32.0 Å². The van der Waals surface area contributed by atoms with E-state index in [1.807, 2.05) is 0 Å². The lowest BCUT2D eigenvalue weighted by Gasteiger charge is -2.25. The van der Waals surface area contributed by atoms with E-state index in [4.69, 9.17) is 0 Å². The molecule has 4 nitrogen and oxygen atoms in total. The van der Waals surface area contributed by atoms with Gasteiger partial charge in [-0.3, -0.25) is 0 Å². The van der Waals surface area contributed by atoms with Gasteiger partial charge >= 0.3 is 6.18 Å². The van der Waals surface area contributed by atoms with Crippen LogP contribution in [0.3, 0.4) is 0 Å². The van der Waals surface area contributed by atoms with Gasteiger partial charge in [0.05, 0.1) is 6.04 Å². The van der Waals surface area contributed by atoms with Crippen molar-refractivity contribution in [1.82, 2.24) is 15.5 Å². The van der Waals surface area contributed by atoms with Crippen LogP contribution in [0.15, 0.2) is 4.52 Å². The Hall–Kier alpha value is -1.11. The molecule has 0 bridgehead atoms. The summed E-state index contributed by atoms with van der Waals surface area (Å²) in [6, 6.07) is -0.257. The minimum Gasteiger partial charge on any atom is -0.337 e. The minimum atomic E-state index is -4.54. The van der Waals surface area contributed by atoms with E-state index in [0.29, 0.717) is 5.92 Å². The molecule has 1 aliphatic rings. The van der Waals surface area contributed by atoms with Gasteiger partial charge in [-0.1, -0.05) is 12.1 Å². The lowest BCUT2D eigenvalue weighted by atomic mass is 9.94. The SMILES string of the molecule is CC1CCNC(c2nc(C(F)(F)F)no2)C1. The van der Waals surface area contributed by atoms with E-state index in [9.17, 15) is 13.2 Å². The van der Waals surface area contributed by atoms with E-state index in [0.717, 1.165) is 19.4 Å². The van der Waals surface area contributed by atoms with Gasteiger partial charge in [0.15, 0.2) is 0 Å². The van der Waals surface area contributed by atoms with Gasteiger partial charge in [-0.05, 0) is 25.3 Å². The van der Waals surface area contributed by atoms with Crippen LogP contribution in [0.1, 0.15) is 37.5 Å². The maximum atomic E-state index is 12.2. The molecule has 0 aromatic carbocycles. The normalized spacial score (nSPS) is 27.0. The third kappa shape index (κ3) is 2.34. The van der Waals surface area contributed by atoms with Gasteiger partial charge in [0.25, 0.3) is 5.82 Å². The summed E-state index contributed by atoms with van der Waals surface area (Å²) in [5, 5.41) is 6.00. The molecule has 0 saturated carbocycles. The second kappa shape index (κ2) is 4.04. The summed E-state index contributed by atoms with van der Waals surface area (Å²) in [6.45, 7) is 2.81. The molecule has 2 unspecified atom stereocenters. The average Bonchev–Trinajstić information content (AvgIpc) is 2.65. The van der Waals surface area contributed by atoms with Crippen molar-refractivity contribution in [2.24, 2.45) is 5.92 Å². The Bertz CT molecular complexity index is 363. The Labute approximate surface area is 90.2 Å². The Kier molecular flexibility index (Phi) is 2.88. The van der Waals surface area contributed by atoms with E-state index < -0.39 is 12.0 Å². The highest BCUT2D eigenvalue weighted by atomic mass is 19.4. The fourth-order valence-corrected chi connectivity index (χ4v) is 1.79. The summed E-state index contributed by atoms with van der Waals surface area (Å²) in [7, 11) is 0. The van der Waals surface area contributed by atoms with Gasteiger partial charge in [0, 0.05) is 0 Å². The van der Waals surface area contributed by atoms with Crippen molar-refractivity contribution < 1.29 is 17.7 Å². The molecule has 1 aromatic heterocycles. The second-order valence-electron chi connectivity index (χ2n) is 4.09. The molecule has 7 heteroatoms. The quantitative estimate of drug-likeness (QED) is 0.810. The number of nitrogens with one attached hydrogen (secondary N) is 1. The largest absolute Gasteiger partial charge is 0.455 e. The van der Waals surface area contributed by atoms with Crippen LogP contribution in [0.25, 0.3) is 0 Å². The fraction of sp³-hybridized carbons (Fsp3) is 0.778. The summed E-state index contributed by atoms with van der Waals surface area (Å²) in [4.78, 5) is 3.37. The number of nitrogens with zero attached hydrogens (tertiary/aromatic N) is 2. The van der Waals surface area contributed by atoms with Crippen LogP contribution in [0.4, 0.5) is 13.2 Å². The first-order chi connectivity index (χ1) is 7.47. The topological polar surface area (TPSA) is 51.0 Å². The minimum absolute atomic E-state index is 0.0267. The van der Waals surface area contributed by atoms with Crippen molar-refractivity contribution >= 4 is 0 Å². The highest BCUT2D eigenvalue weighted by molar-refractivity contribution is 4.97. The van der Waals surface area contributed by atoms with E-state index in [2.05, 4.69) is 26.9 Å². The predicted molar refractivity (Wildman–Crippen MR) is 48.4 cm³/mol. The summed E-state index contributed by atoms with van der Waals surface area (Å²) in [6.07, 6.45) is -2.81. The first-order valence-electron chi connectivity index (χ1n) is 5.11. The predicted octanol–water partition coefficient (Wildman–Crippen LogP) is 2.15. The van der Waals surface area contributed by atoms with Crippen molar-refractivity contribution in [3.05, 3.63) is 11.7 Å². The Morgan fingerprint density at radius 3 is 2.75 bits per heavy atom. The van der Waals surface area contributed by atoms with E-state index in [-0.39, 0.29) is 11.9 Å². The van der Waals surface area contributed by atoms with Crippen LogP contribution in [0.2, 0.25) is 0 Å². The Morgan fingerprint density at radius 2 is 2.19 bits per heavy atom. The van der Waals surface area contributed by atoms with Crippen LogP contribution in [0, 0.1) is 5.92 Å². The maximum Gasteiger partial charge on any atom is 0.455 e. The first kappa shape index (κ1) is 11.4. The molecular formula is C9H12F3N3O. The number of alkyl halides is 3. The molecule has 90 valence electrons. The van der Waals surface area contributed by atoms with Crippen LogP contribution in [0.5, 0.6) is 0 Å². The van der Waals surface area contributed by atoms with Crippen LogP contribution in [-0.4, -0.2) is 16.7 Å². The summed E-state index contributed by atoms with van der Waals surface area (Å²) >= 11 is 0. The number of hydrogen-bond acceptors (Lipinski definition) is 4. The number of aromatic nitrogens is 2. The summed E-state index contributed by atoms with van der Waals surface area (Å²) in [5.74, 6) is -0.728. The average molecular weight is 235 g/mol. The second-order valence-corrected chi connectivity index (χ2v) is 4.09. The molecule has 0 aliphatic carbocycles. The van der Waals surface area contributed by atoms with Gasteiger partial charge in [0.2, 0.25) is 5.89 Å². The fourth-order valence-electron chi connectivity index (χ4n) is 1.79. The van der Waals surface area contributed by atoms with Crippen LogP contribution < -0.4 is 5.32 Å². The smallest absolute Gasteiger partial charge is 0.337 e. The molecule has 0 amide bonds. The number of rotatable bonds is 1. The zero-order valence-electron chi connectivity index (χ0n) is 8.71. The highest BCUT2D eigenvalue weighted by Crippen LogP contribution is 2.30. The maximum absolute atomic E-state index is 12.2. The zero-order chi connectivity index (χ0) is 11.8. The van der Waals surface area contributed by atoms with Crippen molar-refractivity contribution in [3.8, 4) is 0 Å². The van der Waals surface area contributed by atoms with Gasteiger partial charge in [-0.2, -0.15) is 18.2 Å². The van der Waals surface area contributed by atoms with E-state index in [1.165, 1.54) is 0 Å². The standard InChI is InChI=1S/C9H12F3N3O/c1-5-2-3-13-6(4-5)7-14-8(15-16-7)9(10,11)12/h5-6,13H,2-4H2,1H3. The number of halogens is 3. The van der Waals surface area contributed by atoms with Gasteiger partial charge in [-0.25, -0.2) is 0 Å². The van der Waals surface area contributed by atoms with Crippen LogP contribution in [-0.2, 0) is 6.18 Å². The molecule has 2 atom stereocenters. The van der Waals surface area contributed by atoms with Gasteiger partial charge in [0.1, 0.15) is 0 Å². The number of hydrogen-bond donors (Lipinski definition) is 1. The number of piperidine rings is 1. The third-order valence-electron chi connectivity index (χ3n) is 2.66. The molecule has 2 heterocycles. The summed E-state index contributed by atoms with van der Waals surface area (Å²) < 4.78 is 41.4. The van der Waals surface area contributed by atoms with E-state index >= 15 is 0 Å². The molecule has 2 rings (SSSR count). The molecule has 1 N–H and O–H groups in total. The molecule has 0 radical (unpaired) electrons. The summed E-state index contributed by atoms with van der Waals surface area (Å²) in [5.41, 5.74) is 0. The Morgan fingerprint density at radius 1 is 1.44 bits per heavy atom. The molecule has 1 aromatic rings. The monoisotopic (exact) mass is 235 g/mol. The van der Waals surface area contributed by atoms with Gasteiger partial charge in [-0.15, -0.1) is 0 Å². The van der Waals surface area contributed by atoms with Crippen molar-refractivity contribution in [1.29, 1.82) is 0 Å². The van der Waals surface area contributed by atoms with Crippen molar-refractivity contribution in [3.63, 3.8) is 0 Å². The molecule has 1 fully saturated rings. The zero-order valence-corrected chi connectivity index (χ0v) is 8.71. The molecule has 0 spiro atoms.